The zero-order chi connectivity index (χ0) is 13.8. The number of nitrogens with two attached hydrogens (primary N) is 1. The minimum atomic E-state index is -0.339. The molecule has 1 aliphatic rings. The van der Waals surface area contributed by atoms with Crippen molar-refractivity contribution in [3.8, 4) is 0 Å². The number of rotatable bonds is 4. The second-order valence-corrected chi connectivity index (χ2v) is 5.13. The van der Waals surface area contributed by atoms with Crippen molar-refractivity contribution in [1.29, 1.82) is 0 Å². The number of benzene rings is 1. The molecule has 1 aromatic carbocycles. The molecule has 0 spiro atoms. The molecule has 0 atom stereocenters. The summed E-state index contributed by atoms with van der Waals surface area (Å²) in [7, 11) is 0. The maximum atomic E-state index is 10.9. The summed E-state index contributed by atoms with van der Waals surface area (Å²) < 4.78 is 0. The van der Waals surface area contributed by atoms with Gasteiger partial charge in [0.25, 0.3) is 5.69 Å². The number of nitro benzene ring substituents is 1. The van der Waals surface area contributed by atoms with E-state index in [9.17, 15) is 10.1 Å². The Balaban J connectivity index is 2.17. The SMILES string of the molecule is CCN(c1cccc([N+](=O)[O-])c1)C1CCC(N)CC1. The van der Waals surface area contributed by atoms with Crippen LogP contribution in [-0.4, -0.2) is 23.6 Å². The van der Waals surface area contributed by atoms with Crippen molar-refractivity contribution in [2.24, 2.45) is 5.73 Å². The van der Waals surface area contributed by atoms with Crippen LogP contribution >= 0.6 is 0 Å². The molecule has 0 aromatic heterocycles. The summed E-state index contributed by atoms with van der Waals surface area (Å²) in [4.78, 5) is 12.8. The molecule has 0 unspecified atom stereocenters. The predicted octanol–water partition coefficient (Wildman–Crippen LogP) is 2.69. The van der Waals surface area contributed by atoms with Gasteiger partial charge in [-0.05, 0) is 38.7 Å². The molecule has 0 radical (unpaired) electrons. The highest BCUT2D eigenvalue weighted by molar-refractivity contribution is 5.53. The lowest BCUT2D eigenvalue weighted by atomic mass is 9.90. The quantitative estimate of drug-likeness (QED) is 0.669. The minimum absolute atomic E-state index is 0.156. The van der Waals surface area contributed by atoms with Crippen LogP contribution < -0.4 is 10.6 Å². The van der Waals surface area contributed by atoms with Gasteiger partial charge in [0.05, 0.1) is 4.92 Å². The molecule has 0 amide bonds. The second kappa shape index (κ2) is 6.02. The van der Waals surface area contributed by atoms with E-state index < -0.39 is 0 Å². The maximum Gasteiger partial charge on any atom is 0.271 e. The largest absolute Gasteiger partial charge is 0.369 e. The van der Waals surface area contributed by atoms with E-state index in [1.165, 1.54) is 6.07 Å². The number of hydrogen-bond donors (Lipinski definition) is 1. The Kier molecular flexibility index (Phi) is 4.37. The van der Waals surface area contributed by atoms with Crippen LogP contribution in [0, 0.1) is 10.1 Å². The second-order valence-electron chi connectivity index (χ2n) is 5.13. The van der Waals surface area contributed by atoms with Crippen LogP contribution in [0.2, 0.25) is 0 Å². The van der Waals surface area contributed by atoms with Gasteiger partial charge in [-0.25, -0.2) is 0 Å². The third kappa shape index (κ3) is 3.23. The molecular formula is C14H21N3O2. The molecule has 1 saturated carbocycles. The normalized spacial score (nSPS) is 23.1. The van der Waals surface area contributed by atoms with E-state index in [-0.39, 0.29) is 10.6 Å². The van der Waals surface area contributed by atoms with Gasteiger partial charge in [-0.1, -0.05) is 6.07 Å². The summed E-state index contributed by atoms with van der Waals surface area (Å²) in [5.74, 6) is 0. The van der Waals surface area contributed by atoms with Crippen molar-refractivity contribution >= 4 is 11.4 Å². The monoisotopic (exact) mass is 263 g/mol. The van der Waals surface area contributed by atoms with Gasteiger partial charge in [0.1, 0.15) is 0 Å². The molecule has 0 bridgehead atoms. The first-order chi connectivity index (χ1) is 9.11. The molecule has 2 N–H and O–H groups in total. The lowest BCUT2D eigenvalue weighted by Gasteiger charge is -2.37. The van der Waals surface area contributed by atoms with Crippen molar-refractivity contribution in [2.45, 2.75) is 44.7 Å². The van der Waals surface area contributed by atoms with Crippen LogP contribution in [0.25, 0.3) is 0 Å². The number of non-ortho nitro benzene ring substituents is 1. The van der Waals surface area contributed by atoms with Gasteiger partial charge >= 0.3 is 0 Å². The average molecular weight is 263 g/mol. The van der Waals surface area contributed by atoms with E-state index in [2.05, 4.69) is 11.8 Å². The van der Waals surface area contributed by atoms with Gasteiger partial charge in [0, 0.05) is 36.4 Å². The number of anilines is 1. The van der Waals surface area contributed by atoms with E-state index >= 15 is 0 Å². The summed E-state index contributed by atoms with van der Waals surface area (Å²) in [6.07, 6.45) is 4.21. The van der Waals surface area contributed by atoms with Crippen molar-refractivity contribution in [3.63, 3.8) is 0 Å². The Morgan fingerprint density at radius 3 is 2.63 bits per heavy atom. The Labute approximate surface area is 113 Å². The molecule has 5 heteroatoms. The number of hydrogen-bond acceptors (Lipinski definition) is 4. The molecule has 2 rings (SSSR count). The molecular weight excluding hydrogens is 242 g/mol. The van der Waals surface area contributed by atoms with Gasteiger partial charge in [-0.2, -0.15) is 0 Å². The maximum absolute atomic E-state index is 10.9. The Morgan fingerprint density at radius 2 is 2.05 bits per heavy atom. The van der Waals surface area contributed by atoms with Crippen molar-refractivity contribution in [2.75, 3.05) is 11.4 Å². The first-order valence-electron chi connectivity index (χ1n) is 6.88. The molecule has 104 valence electrons. The van der Waals surface area contributed by atoms with Crippen molar-refractivity contribution in [3.05, 3.63) is 34.4 Å². The smallest absolute Gasteiger partial charge is 0.271 e. The van der Waals surface area contributed by atoms with Crippen LogP contribution in [0.4, 0.5) is 11.4 Å². The molecule has 0 saturated heterocycles. The van der Waals surface area contributed by atoms with E-state index in [0.717, 1.165) is 37.9 Å². The number of nitrogens with zero attached hydrogens (tertiary/aromatic N) is 2. The fraction of sp³-hybridized carbons (Fsp3) is 0.571. The lowest BCUT2D eigenvalue weighted by Crippen LogP contribution is -2.40. The standard InChI is InChI=1S/C14H21N3O2/c1-2-16(12-8-6-11(15)7-9-12)13-4-3-5-14(10-13)17(18)19/h3-5,10-12H,2,6-9,15H2,1H3. The molecule has 1 aromatic rings. The van der Waals surface area contributed by atoms with Gasteiger partial charge < -0.3 is 10.6 Å². The molecule has 19 heavy (non-hydrogen) atoms. The van der Waals surface area contributed by atoms with Crippen LogP contribution in [-0.2, 0) is 0 Å². The Bertz CT molecular complexity index is 442. The van der Waals surface area contributed by atoms with E-state index in [1.54, 1.807) is 12.1 Å². The summed E-state index contributed by atoms with van der Waals surface area (Å²) >= 11 is 0. The molecule has 1 fully saturated rings. The van der Waals surface area contributed by atoms with Gasteiger partial charge in [-0.3, -0.25) is 10.1 Å². The highest BCUT2D eigenvalue weighted by atomic mass is 16.6. The molecule has 1 aliphatic carbocycles. The van der Waals surface area contributed by atoms with E-state index in [4.69, 9.17) is 5.73 Å². The minimum Gasteiger partial charge on any atom is -0.369 e. The Hall–Kier alpha value is -1.62. The first kappa shape index (κ1) is 13.8. The van der Waals surface area contributed by atoms with Gasteiger partial charge in [0.15, 0.2) is 0 Å². The fourth-order valence-electron chi connectivity index (χ4n) is 2.85. The van der Waals surface area contributed by atoms with Gasteiger partial charge in [-0.15, -0.1) is 0 Å². The summed E-state index contributed by atoms with van der Waals surface area (Å²) in [6.45, 7) is 2.95. The lowest BCUT2D eigenvalue weighted by molar-refractivity contribution is -0.384. The van der Waals surface area contributed by atoms with Crippen LogP contribution in [0.1, 0.15) is 32.6 Å². The summed E-state index contributed by atoms with van der Waals surface area (Å²) in [5, 5.41) is 10.9. The molecule has 0 heterocycles. The van der Waals surface area contributed by atoms with Crippen LogP contribution in [0.5, 0.6) is 0 Å². The van der Waals surface area contributed by atoms with E-state index in [1.807, 2.05) is 6.07 Å². The summed E-state index contributed by atoms with van der Waals surface area (Å²) in [5.41, 5.74) is 7.03. The van der Waals surface area contributed by atoms with Crippen LogP contribution in [0.3, 0.4) is 0 Å². The van der Waals surface area contributed by atoms with Gasteiger partial charge in [0.2, 0.25) is 0 Å². The Morgan fingerprint density at radius 1 is 1.37 bits per heavy atom. The highest BCUT2D eigenvalue weighted by Crippen LogP contribution is 2.28. The first-order valence-corrected chi connectivity index (χ1v) is 6.88. The predicted molar refractivity (Wildman–Crippen MR) is 76.3 cm³/mol. The average Bonchev–Trinajstić information content (AvgIpc) is 2.42. The third-order valence-corrected chi connectivity index (χ3v) is 3.90. The van der Waals surface area contributed by atoms with Crippen molar-refractivity contribution < 1.29 is 4.92 Å². The zero-order valence-electron chi connectivity index (χ0n) is 11.3. The molecule has 0 aliphatic heterocycles. The van der Waals surface area contributed by atoms with E-state index in [0.29, 0.717) is 12.1 Å². The van der Waals surface area contributed by atoms with Crippen molar-refractivity contribution in [1.82, 2.24) is 0 Å². The topological polar surface area (TPSA) is 72.4 Å². The number of nitro groups is 1. The van der Waals surface area contributed by atoms with Crippen LogP contribution in [0.15, 0.2) is 24.3 Å². The fourth-order valence-corrected chi connectivity index (χ4v) is 2.85. The highest BCUT2D eigenvalue weighted by Gasteiger charge is 2.24. The molecule has 5 nitrogen and oxygen atoms in total. The third-order valence-electron chi connectivity index (χ3n) is 3.90. The summed E-state index contributed by atoms with van der Waals surface area (Å²) in [6, 6.07) is 7.67. The zero-order valence-corrected chi connectivity index (χ0v) is 11.3.